The summed E-state index contributed by atoms with van der Waals surface area (Å²) < 4.78 is 18.4. The van der Waals surface area contributed by atoms with E-state index in [4.69, 9.17) is 10.00 Å². The van der Waals surface area contributed by atoms with Gasteiger partial charge in [-0.25, -0.2) is 4.39 Å². The number of nitriles is 1. The fraction of sp³-hybridized carbons (Fsp3) is 0.364. The molecule has 0 bridgehead atoms. The van der Waals surface area contributed by atoms with Crippen molar-refractivity contribution in [2.75, 3.05) is 12.4 Å². The summed E-state index contributed by atoms with van der Waals surface area (Å²) in [4.78, 5) is 0. The van der Waals surface area contributed by atoms with E-state index in [1.807, 2.05) is 0 Å². The molecule has 0 saturated carbocycles. The van der Waals surface area contributed by atoms with Crippen molar-refractivity contribution in [2.45, 2.75) is 12.8 Å². The van der Waals surface area contributed by atoms with Gasteiger partial charge < -0.3 is 4.74 Å². The van der Waals surface area contributed by atoms with Crippen molar-refractivity contribution in [1.82, 2.24) is 0 Å². The van der Waals surface area contributed by atoms with Gasteiger partial charge in [-0.05, 0) is 30.7 Å². The highest BCUT2D eigenvalue weighted by molar-refractivity contribution is 7.80. The zero-order valence-electron chi connectivity index (χ0n) is 8.24. The Morgan fingerprint density at radius 1 is 1.40 bits per heavy atom. The largest absolute Gasteiger partial charge is 0.492 e. The molecule has 0 unspecified atom stereocenters. The second-order valence-electron chi connectivity index (χ2n) is 3.00. The third-order valence-electron chi connectivity index (χ3n) is 1.90. The number of nitrogens with zero attached hydrogens (tertiary/aromatic N) is 1. The Morgan fingerprint density at radius 2 is 2.20 bits per heavy atom. The van der Waals surface area contributed by atoms with Gasteiger partial charge in [0.2, 0.25) is 0 Å². The monoisotopic (exact) mass is 225 g/mol. The van der Waals surface area contributed by atoms with E-state index in [1.54, 1.807) is 12.1 Å². The van der Waals surface area contributed by atoms with E-state index < -0.39 is 5.82 Å². The van der Waals surface area contributed by atoms with Crippen LogP contribution in [0.2, 0.25) is 0 Å². The summed E-state index contributed by atoms with van der Waals surface area (Å²) in [5.41, 5.74) is -0.0247. The lowest BCUT2D eigenvalue weighted by molar-refractivity contribution is 0.307. The molecule has 2 nitrogen and oxygen atoms in total. The van der Waals surface area contributed by atoms with Gasteiger partial charge in [0, 0.05) is 0 Å². The van der Waals surface area contributed by atoms with Crippen LogP contribution in [0.5, 0.6) is 5.75 Å². The molecule has 0 N–H and O–H groups in total. The summed E-state index contributed by atoms with van der Waals surface area (Å²) in [5.74, 6) is 0.582. The van der Waals surface area contributed by atoms with E-state index in [-0.39, 0.29) is 5.56 Å². The molecule has 4 heteroatoms. The van der Waals surface area contributed by atoms with Crippen LogP contribution in [0.3, 0.4) is 0 Å². The summed E-state index contributed by atoms with van der Waals surface area (Å²) in [6.45, 7) is 0.485. The molecule has 0 amide bonds. The molecule has 0 aromatic heterocycles. The second kappa shape index (κ2) is 6.31. The average Bonchev–Trinajstić information content (AvgIpc) is 2.24. The molecular weight excluding hydrogens is 213 g/mol. The first-order valence-electron chi connectivity index (χ1n) is 4.72. The van der Waals surface area contributed by atoms with E-state index in [2.05, 4.69) is 12.6 Å². The highest BCUT2D eigenvalue weighted by atomic mass is 32.1. The predicted molar refractivity (Wildman–Crippen MR) is 59.7 cm³/mol. The van der Waals surface area contributed by atoms with Crippen LogP contribution in [0, 0.1) is 17.1 Å². The number of thiol groups is 1. The Hall–Kier alpha value is -1.21. The van der Waals surface area contributed by atoms with Crippen LogP contribution in [0.15, 0.2) is 18.2 Å². The summed E-state index contributed by atoms with van der Waals surface area (Å²) >= 11 is 4.07. The number of hydrogen-bond acceptors (Lipinski definition) is 3. The van der Waals surface area contributed by atoms with Gasteiger partial charge in [0.1, 0.15) is 23.2 Å². The number of hydrogen-bond donors (Lipinski definition) is 1. The van der Waals surface area contributed by atoms with Gasteiger partial charge >= 0.3 is 0 Å². The normalized spacial score (nSPS) is 9.67. The molecule has 0 aliphatic heterocycles. The van der Waals surface area contributed by atoms with Crippen molar-refractivity contribution >= 4 is 12.6 Å². The Kier molecular flexibility index (Phi) is 4.99. The number of rotatable bonds is 5. The molecule has 80 valence electrons. The first-order chi connectivity index (χ1) is 7.29. The summed E-state index contributed by atoms with van der Waals surface area (Å²) in [5, 5.41) is 8.72. The number of ether oxygens (including phenoxy) is 1. The number of unbranched alkanes of at least 4 members (excludes halogenated alkanes) is 1. The molecule has 1 aromatic carbocycles. The fourth-order valence-electron chi connectivity index (χ4n) is 1.13. The molecule has 0 aliphatic rings. The van der Waals surface area contributed by atoms with Gasteiger partial charge in [0.05, 0.1) is 6.61 Å². The molecule has 1 rings (SSSR count). The van der Waals surface area contributed by atoms with Crippen molar-refractivity contribution in [3.05, 3.63) is 29.6 Å². The van der Waals surface area contributed by atoms with E-state index in [9.17, 15) is 4.39 Å². The predicted octanol–water partition coefficient (Wildman–Crippen LogP) is 2.79. The quantitative estimate of drug-likeness (QED) is 0.617. The third kappa shape index (κ3) is 3.45. The zero-order valence-corrected chi connectivity index (χ0v) is 9.14. The summed E-state index contributed by atoms with van der Waals surface area (Å²) in [6.07, 6.45) is 1.80. The highest BCUT2D eigenvalue weighted by Gasteiger charge is 2.07. The molecule has 0 saturated heterocycles. The van der Waals surface area contributed by atoms with Crippen molar-refractivity contribution in [3.63, 3.8) is 0 Å². The third-order valence-corrected chi connectivity index (χ3v) is 2.21. The van der Waals surface area contributed by atoms with E-state index in [0.717, 1.165) is 18.6 Å². The molecule has 0 atom stereocenters. The van der Waals surface area contributed by atoms with Gasteiger partial charge in [-0.15, -0.1) is 0 Å². The van der Waals surface area contributed by atoms with E-state index in [0.29, 0.717) is 12.4 Å². The molecule has 0 radical (unpaired) electrons. The second-order valence-corrected chi connectivity index (χ2v) is 3.45. The molecule has 15 heavy (non-hydrogen) atoms. The van der Waals surface area contributed by atoms with Gasteiger partial charge in [-0.3, -0.25) is 0 Å². The maximum atomic E-state index is 13.1. The smallest absolute Gasteiger partial charge is 0.144 e. The summed E-state index contributed by atoms with van der Waals surface area (Å²) in [7, 11) is 0. The van der Waals surface area contributed by atoms with Gasteiger partial charge in [0.15, 0.2) is 0 Å². The Morgan fingerprint density at radius 3 is 2.87 bits per heavy atom. The van der Waals surface area contributed by atoms with Crippen molar-refractivity contribution in [3.8, 4) is 11.8 Å². The lowest BCUT2D eigenvalue weighted by Crippen LogP contribution is -2.00. The maximum Gasteiger partial charge on any atom is 0.144 e. The minimum atomic E-state index is -0.538. The topological polar surface area (TPSA) is 33.0 Å². The van der Waals surface area contributed by atoms with Crippen LogP contribution in [-0.2, 0) is 0 Å². The average molecular weight is 225 g/mol. The Labute approximate surface area is 94.1 Å². The van der Waals surface area contributed by atoms with Gasteiger partial charge in [-0.1, -0.05) is 6.07 Å². The van der Waals surface area contributed by atoms with Crippen LogP contribution in [-0.4, -0.2) is 12.4 Å². The molecule has 1 aromatic rings. The molecule has 0 spiro atoms. The standard InChI is InChI=1S/C11H12FNOS/c12-10-4-3-5-11(9(10)8-13)14-6-1-2-7-15/h3-5,15H,1-2,6-7H2. The number of benzene rings is 1. The van der Waals surface area contributed by atoms with Crippen molar-refractivity contribution in [1.29, 1.82) is 5.26 Å². The molecule has 0 heterocycles. The molecule has 0 fully saturated rings. The SMILES string of the molecule is N#Cc1c(F)cccc1OCCCCS. The summed E-state index contributed by atoms with van der Waals surface area (Å²) in [6, 6.07) is 6.17. The lowest BCUT2D eigenvalue weighted by Gasteiger charge is -2.07. The minimum absolute atomic E-state index is 0.0247. The Balaban J connectivity index is 2.61. The zero-order chi connectivity index (χ0) is 11.1. The van der Waals surface area contributed by atoms with Crippen molar-refractivity contribution in [2.24, 2.45) is 0 Å². The van der Waals surface area contributed by atoms with Crippen LogP contribution in [0.25, 0.3) is 0 Å². The highest BCUT2D eigenvalue weighted by Crippen LogP contribution is 2.20. The fourth-order valence-corrected chi connectivity index (χ4v) is 1.35. The van der Waals surface area contributed by atoms with Crippen LogP contribution >= 0.6 is 12.6 Å². The number of halogens is 1. The minimum Gasteiger partial charge on any atom is -0.492 e. The van der Waals surface area contributed by atoms with E-state index >= 15 is 0 Å². The van der Waals surface area contributed by atoms with Crippen LogP contribution in [0.1, 0.15) is 18.4 Å². The Bertz CT molecular complexity index is 362. The lowest BCUT2D eigenvalue weighted by atomic mass is 10.2. The first kappa shape index (κ1) is 11.9. The van der Waals surface area contributed by atoms with E-state index in [1.165, 1.54) is 12.1 Å². The van der Waals surface area contributed by atoms with Gasteiger partial charge in [0.25, 0.3) is 0 Å². The van der Waals surface area contributed by atoms with Crippen molar-refractivity contribution < 1.29 is 9.13 Å². The van der Waals surface area contributed by atoms with Gasteiger partial charge in [-0.2, -0.15) is 17.9 Å². The maximum absolute atomic E-state index is 13.1. The molecule has 0 aliphatic carbocycles. The first-order valence-corrected chi connectivity index (χ1v) is 5.35. The van der Waals surface area contributed by atoms with Crippen LogP contribution < -0.4 is 4.74 Å². The van der Waals surface area contributed by atoms with Crippen LogP contribution in [0.4, 0.5) is 4.39 Å². The molecular formula is C11H12FNOS.